The maximum absolute atomic E-state index is 12.1. The van der Waals surface area contributed by atoms with Gasteiger partial charge in [0, 0.05) is 0 Å². The van der Waals surface area contributed by atoms with Crippen LogP contribution in [0.3, 0.4) is 0 Å². The molecule has 6 heteroatoms. The van der Waals surface area contributed by atoms with Gasteiger partial charge in [0.15, 0.2) is 0 Å². The average molecular weight is 312 g/mol. The summed E-state index contributed by atoms with van der Waals surface area (Å²) in [6.45, 7) is 5.66. The molecule has 0 bridgehead atoms. The molecule has 0 spiro atoms. The van der Waals surface area contributed by atoms with Gasteiger partial charge in [0.05, 0.1) is 0 Å². The zero-order valence-electron chi connectivity index (χ0n) is 10.9. The second kappa shape index (κ2) is 6.33. The molecule has 5 nitrogen and oxygen atoms in total. The van der Waals surface area contributed by atoms with Crippen LogP contribution in [-0.2, 0) is 13.7 Å². The number of hydrogen-bond donors (Lipinski definition) is 1. The normalized spacial score (nSPS) is 11.4. The molecule has 1 N–H and O–H groups in total. The molecule has 0 aliphatic rings. The molecule has 0 saturated carbocycles. The van der Waals surface area contributed by atoms with Gasteiger partial charge in [0.1, 0.15) is 0 Å². The fourth-order valence-corrected chi connectivity index (χ4v) is 2.36. The van der Waals surface area contributed by atoms with Crippen molar-refractivity contribution in [2.24, 2.45) is 5.41 Å². The second-order valence-corrected chi connectivity index (χ2v) is 6.91. The standard InChI is InChI=1S/C12H17GeNO4/c1-12(2,3)11(15)14(4)10-7-5-9(6-8-10)13-17-18-16/h5-8,16H,1-4H3. The van der Waals surface area contributed by atoms with Crippen molar-refractivity contribution in [2.75, 3.05) is 11.9 Å². The van der Waals surface area contributed by atoms with Gasteiger partial charge < -0.3 is 0 Å². The molecule has 98 valence electrons. The van der Waals surface area contributed by atoms with E-state index in [1.807, 2.05) is 45.0 Å². The third kappa shape index (κ3) is 4.09. The van der Waals surface area contributed by atoms with Crippen LogP contribution in [0.4, 0.5) is 5.69 Å². The van der Waals surface area contributed by atoms with E-state index in [1.54, 1.807) is 11.9 Å². The van der Waals surface area contributed by atoms with Crippen LogP contribution in [-0.4, -0.2) is 34.0 Å². The number of carbonyl (C=O) groups excluding carboxylic acids is 1. The molecule has 0 unspecified atom stereocenters. The van der Waals surface area contributed by atoms with Crippen LogP contribution >= 0.6 is 0 Å². The van der Waals surface area contributed by atoms with Crippen LogP contribution in [0.15, 0.2) is 24.3 Å². The van der Waals surface area contributed by atoms with E-state index in [0.717, 1.165) is 10.1 Å². The van der Waals surface area contributed by atoms with Crippen molar-refractivity contribution < 1.29 is 19.0 Å². The van der Waals surface area contributed by atoms with E-state index in [4.69, 9.17) is 5.26 Å². The van der Waals surface area contributed by atoms with Gasteiger partial charge in [-0.25, -0.2) is 0 Å². The topological polar surface area (TPSA) is 59.0 Å². The van der Waals surface area contributed by atoms with Gasteiger partial charge >= 0.3 is 113 Å². The molecule has 1 rings (SSSR count). The quantitative estimate of drug-likeness (QED) is 0.518. The van der Waals surface area contributed by atoms with Gasteiger partial charge in [0.25, 0.3) is 0 Å². The SMILES string of the molecule is CN(C(=O)C(C)(C)C)c1cc[c]([Ge][O]OO)cc1. The number of nitrogens with zero attached hydrogens (tertiary/aromatic N) is 1. The van der Waals surface area contributed by atoms with Crippen LogP contribution in [0, 0.1) is 5.41 Å². The first-order valence-electron chi connectivity index (χ1n) is 5.47. The van der Waals surface area contributed by atoms with Crippen molar-refractivity contribution in [3.63, 3.8) is 0 Å². The summed E-state index contributed by atoms with van der Waals surface area (Å²) in [4.78, 5) is 13.7. The van der Waals surface area contributed by atoms with E-state index in [1.165, 1.54) is 0 Å². The van der Waals surface area contributed by atoms with Gasteiger partial charge in [-0.3, -0.25) is 0 Å². The van der Waals surface area contributed by atoms with Gasteiger partial charge in [-0.2, -0.15) is 0 Å². The van der Waals surface area contributed by atoms with Crippen molar-refractivity contribution in [1.82, 2.24) is 0 Å². The molecular formula is C12H17GeNO4. The third-order valence-electron chi connectivity index (χ3n) is 2.40. The number of carbonyl (C=O) groups is 1. The first kappa shape index (κ1) is 15.2. The Morgan fingerprint density at radius 1 is 1.28 bits per heavy atom. The number of benzene rings is 1. The first-order chi connectivity index (χ1) is 8.36. The number of anilines is 1. The van der Waals surface area contributed by atoms with Crippen molar-refractivity contribution >= 4 is 31.8 Å². The predicted octanol–water partition coefficient (Wildman–Crippen LogP) is 1.36. The van der Waals surface area contributed by atoms with Crippen LogP contribution in [0.2, 0.25) is 0 Å². The van der Waals surface area contributed by atoms with Gasteiger partial charge in [-0.05, 0) is 0 Å². The molecule has 1 amide bonds. The second-order valence-electron chi connectivity index (χ2n) is 4.92. The summed E-state index contributed by atoms with van der Waals surface area (Å²) in [5, 5.41) is 11.7. The molecule has 0 saturated heterocycles. The van der Waals surface area contributed by atoms with Crippen molar-refractivity contribution in [3.8, 4) is 0 Å². The summed E-state index contributed by atoms with van der Waals surface area (Å²) in [6.07, 6.45) is 0. The van der Waals surface area contributed by atoms with E-state index in [9.17, 15) is 4.79 Å². The molecule has 0 fully saturated rings. The number of rotatable bonds is 4. The Morgan fingerprint density at radius 3 is 2.28 bits per heavy atom. The Labute approximate surface area is 113 Å². The van der Waals surface area contributed by atoms with E-state index in [-0.39, 0.29) is 5.91 Å². The van der Waals surface area contributed by atoms with Crippen LogP contribution in [0.1, 0.15) is 20.8 Å². The fourth-order valence-electron chi connectivity index (χ4n) is 1.44. The first-order valence-corrected chi connectivity index (χ1v) is 7.38. The van der Waals surface area contributed by atoms with Gasteiger partial charge in [-0.1, -0.05) is 0 Å². The van der Waals surface area contributed by atoms with Gasteiger partial charge in [0.2, 0.25) is 0 Å². The molecule has 0 atom stereocenters. The molecule has 1 aromatic rings. The summed E-state index contributed by atoms with van der Waals surface area (Å²) in [5.74, 6) is 0.0567. The number of amides is 1. The average Bonchev–Trinajstić information content (AvgIpc) is 2.34. The Hall–Kier alpha value is -0.887. The predicted molar refractivity (Wildman–Crippen MR) is 69.5 cm³/mol. The maximum atomic E-state index is 12.1. The van der Waals surface area contributed by atoms with E-state index in [2.05, 4.69) is 8.95 Å². The van der Waals surface area contributed by atoms with Crippen molar-refractivity contribution in [3.05, 3.63) is 24.3 Å². The summed E-state index contributed by atoms with van der Waals surface area (Å²) < 4.78 is 5.48. The Kier molecular flexibility index (Phi) is 5.33. The molecule has 0 aliphatic carbocycles. The fraction of sp³-hybridized carbons (Fsp3) is 0.417. The molecule has 0 aliphatic heterocycles. The number of hydrogen-bond acceptors (Lipinski definition) is 4. The molecule has 1 aromatic carbocycles. The Bertz CT molecular complexity index is 400. The van der Waals surface area contributed by atoms with Gasteiger partial charge in [-0.15, -0.1) is 0 Å². The van der Waals surface area contributed by atoms with E-state index in [0.29, 0.717) is 0 Å². The molecule has 0 aromatic heterocycles. The summed E-state index contributed by atoms with van der Waals surface area (Å²) >= 11 is -0.952. The summed E-state index contributed by atoms with van der Waals surface area (Å²) in [6, 6.07) is 7.42. The van der Waals surface area contributed by atoms with E-state index < -0.39 is 21.2 Å². The monoisotopic (exact) mass is 313 g/mol. The Morgan fingerprint density at radius 2 is 1.83 bits per heavy atom. The molecular weight excluding hydrogens is 295 g/mol. The van der Waals surface area contributed by atoms with Crippen molar-refractivity contribution in [1.29, 1.82) is 0 Å². The molecule has 2 radical (unpaired) electrons. The summed E-state index contributed by atoms with van der Waals surface area (Å²) in [7, 11) is 1.76. The van der Waals surface area contributed by atoms with E-state index >= 15 is 0 Å². The van der Waals surface area contributed by atoms with Crippen LogP contribution in [0.5, 0.6) is 0 Å². The van der Waals surface area contributed by atoms with Crippen LogP contribution < -0.4 is 9.30 Å². The van der Waals surface area contributed by atoms with Crippen LogP contribution in [0.25, 0.3) is 0 Å². The summed E-state index contributed by atoms with van der Waals surface area (Å²) in [5.41, 5.74) is 0.421. The Balaban J connectivity index is 2.76. The molecule has 0 heterocycles. The minimum absolute atomic E-state index is 0.0567. The third-order valence-corrected chi connectivity index (χ3v) is 3.92. The zero-order valence-corrected chi connectivity index (χ0v) is 13.0. The zero-order chi connectivity index (χ0) is 13.8. The minimum atomic E-state index is -0.952. The molecule has 18 heavy (non-hydrogen) atoms. The van der Waals surface area contributed by atoms with Crippen molar-refractivity contribution in [2.45, 2.75) is 20.8 Å².